The number of carbonyl (C=O) groups is 3. The van der Waals surface area contributed by atoms with E-state index in [9.17, 15) is 24.6 Å². The third kappa shape index (κ3) is 18.7. The van der Waals surface area contributed by atoms with Crippen LogP contribution in [-0.2, 0) is 19.1 Å². The van der Waals surface area contributed by atoms with Crippen LogP contribution in [0.1, 0.15) is 90.4 Å². The van der Waals surface area contributed by atoms with E-state index in [1.165, 1.54) is 0 Å². The van der Waals surface area contributed by atoms with Crippen molar-refractivity contribution in [2.24, 2.45) is 0 Å². The summed E-state index contributed by atoms with van der Waals surface area (Å²) in [5.41, 5.74) is 0. The van der Waals surface area contributed by atoms with Crippen LogP contribution < -0.4 is 10.2 Å². The quantitative estimate of drug-likeness (QED) is 0.153. The molecule has 28 heavy (non-hydrogen) atoms. The predicted molar refractivity (Wildman–Crippen MR) is 104 cm³/mol. The van der Waals surface area contributed by atoms with Crippen LogP contribution in [0.25, 0.3) is 0 Å². The van der Waals surface area contributed by atoms with Gasteiger partial charge in [0.05, 0.1) is 5.97 Å². The molecule has 0 bridgehead atoms. The Balaban J connectivity index is 4.09. The lowest BCUT2D eigenvalue weighted by atomic mass is 10.1. The normalized spacial score (nSPS) is 12.5. The number of aliphatic carboxylic acids is 2. The largest absolute Gasteiger partial charge is 0.550 e. The Hall–Kier alpha value is -2.11. The van der Waals surface area contributed by atoms with Gasteiger partial charge in [0.1, 0.15) is 6.10 Å². The minimum Gasteiger partial charge on any atom is -0.550 e. The van der Waals surface area contributed by atoms with Crippen molar-refractivity contribution < 1.29 is 29.3 Å². The molecular weight excluding hydrogens is 360 g/mol. The number of ether oxygens (including phenoxy) is 1. The fourth-order valence-electron chi connectivity index (χ4n) is 2.79. The van der Waals surface area contributed by atoms with Crippen LogP contribution in [0.3, 0.4) is 0 Å². The lowest BCUT2D eigenvalue weighted by Gasteiger charge is -2.15. The maximum absolute atomic E-state index is 11.7. The SMILES string of the molecule is CCCCCC[C@H](C/C=C\CCCCCCCC(=O)[O-])OC(=O)/C=C\C(=O)[O-]. The maximum atomic E-state index is 11.7. The second-order valence-corrected chi connectivity index (χ2v) is 6.95. The van der Waals surface area contributed by atoms with Crippen molar-refractivity contribution in [3.63, 3.8) is 0 Å². The van der Waals surface area contributed by atoms with E-state index >= 15 is 0 Å². The summed E-state index contributed by atoms with van der Waals surface area (Å²) in [5.74, 6) is -3.06. The molecule has 160 valence electrons. The minimum absolute atomic E-state index is 0.135. The van der Waals surface area contributed by atoms with Gasteiger partial charge in [-0.2, -0.15) is 0 Å². The molecule has 0 aliphatic heterocycles. The molecule has 0 radical (unpaired) electrons. The van der Waals surface area contributed by atoms with Gasteiger partial charge < -0.3 is 24.5 Å². The van der Waals surface area contributed by atoms with Crippen molar-refractivity contribution in [1.29, 1.82) is 0 Å². The van der Waals surface area contributed by atoms with Gasteiger partial charge in [0.15, 0.2) is 0 Å². The number of allylic oxidation sites excluding steroid dienone is 1. The summed E-state index contributed by atoms with van der Waals surface area (Å²) < 4.78 is 5.35. The van der Waals surface area contributed by atoms with Crippen molar-refractivity contribution in [2.75, 3.05) is 0 Å². The highest BCUT2D eigenvalue weighted by Crippen LogP contribution is 2.13. The number of carbonyl (C=O) groups excluding carboxylic acids is 3. The fraction of sp³-hybridized carbons (Fsp3) is 0.682. The van der Waals surface area contributed by atoms with Gasteiger partial charge in [0.2, 0.25) is 0 Å². The standard InChI is InChI=1S/C22H36O6/c1-2-3-4-11-14-19(28-22(27)18-17-21(25)26)15-12-9-7-5-6-8-10-13-16-20(23)24/h9,12,17-19H,2-8,10-11,13-16H2,1H3,(H,23,24)(H,25,26)/p-2/b12-9-,18-17-/t19-/m1/s1. The minimum atomic E-state index is -1.42. The van der Waals surface area contributed by atoms with Crippen LogP contribution in [0.15, 0.2) is 24.3 Å². The lowest BCUT2D eigenvalue weighted by Crippen LogP contribution is -2.21. The first-order valence-corrected chi connectivity index (χ1v) is 10.4. The van der Waals surface area contributed by atoms with Crippen LogP contribution in [0, 0.1) is 0 Å². The number of esters is 1. The molecule has 6 nitrogen and oxygen atoms in total. The summed E-state index contributed by atoms with van der Waals surface area (Å²) in [5, 5.41) is 20.7. The van der Waals surface area contributed by atoms with E-state index in [-0.39, 0.29) is 12.5 Å². The predicted octanol–water partition coefficient (Wildman–Crippen LogP) is 2.60. The van der Waals surface area contributed by atoms with Crippen molar-refractivity contribution >= 4 is 17.9 Å². The topological polar surface area (TPSA) is 107 Å². The Bertz CT molecular complexity index is 495. The summed E-state index contributed by atoms with van der Waals surface area (Å²) in [6.07, 6.45) is 16.9. The maximum Gasteiger partial charge on any atom is 0.331 e. The average Bonchev–Trinajstić information content (AvgIpc) is 2.64. The molecule has 0 aromatic carbocycles. The lowest BCUT2D eigenvalue weighted by molar-refractivity contribution is -0.306. The van der Waals surface area contributed by atoms with Gasteiger partial charge in [-0.05, 0) is 44.6 Å². The van der Waals surface area contributed by atoms with Gasteiger partial charge in [0, 0.05) is 18.5 Å². The van der Waals surface area contributed by atoms with E-state index in [4.69, 9.17) is 4.74 Å². The first-order chi connectivity index (χ1) is 13.5. The molecule has 0 saturated carbocycles. The zero-order chi connectivity index (χ0) is 21.0. The highest BCUT2D eigenvalue weighted by Gasteiger charge is 2.11. The van der Waals surface area contributed by atoms with Crippen molar-refractivity contribution in [1.82, 2.24) is 0 Å². The zero-order valence-corrected chi connectivity index (χ0v) is 17.0. The van der Waals surface area contributed by atoms with Gasteiger partial charge in [-0.1, -0.05) is 57.6 Å². The van der Waals surface area contributed by atoms with E-state index in [1.807, 2.05) is 6.08 Å². The molecule has 0 heterocycles. The molecule has 0 aromatic rings. The number of carboxylic acids is 2. The van der Waals surface area contributed by atoms with Gasteiger partial charge in [-0.15, -0.1) is 0 Å². The smallest absolute Gasteiger partial charge is 0.331 e. The molecule has 6 heteroatoms. The molecule has 0 saturated heterocycles. The molecule has 0 aliphatic carbocycles. The highest BCUT2D eigenvalue weighted by molar-refractivity contribution is 5.89. The van der Waals surface area contributed by atoms with Gasteiger partial charge in [-0.25, -0.2) is 4.79 Å². The second-order valence-electron chi connectivity index (χ2n) is 6.95. The van der Waals surface area contributed by atoms with Crippen molar-refractivity contribution in [3.05, 3.63) is 24.3 Å². The number of carboxylic acid groups (broad SMARTS) is 2. The molecular formula is C22H34O6-2. The summed E-state index contributed by atoms with van der Waals surface area (Å²) in [6, 6.07) is 0. The van der Waals surface area contributed by atoms with E-state index in [1.54, 1.807) is 0 Å². The third-order valence-corrected chi connectivity index (χ3v) is 4.34. The highest BCUT2D eigenvalue weighted by atomic mass is 16.5. The molecule has 0 amide bonds. The Morgan fingerprint density at radius 3 is 2.21 bits per heavy atom. The first kappa shape index (κ1) is 25.9. The zero-order valence-electron chi connectivity index (χ0n) is 17.0. The summed E-state index contributed by atoms with van der Waals surface area (Å²) in [7, 11) is 0. The molecule has 0 aromatic heterocycles. The van der Waals surface area contributed by atoms with Crippen LogP contribution in [-0.4, -0.2) is 24.0 Å². The number of hydrogen-bond donors (Lipinski definition) is 0. The Kier molecular flexibility index (Phi) is 16.9. The van der Waals surface area contributed by atoms with E-state index in [0.717, 1.165) is 70.3 Å². The molecule has 0 aliphatic rings. The number of unbranched alkanes of at least 4 members (excludes halogenated alkanes) is 8. The molecule has 1 atom stereocenters. The molecule has 0 fully saturated rings. The van der Waals surface area contributed by atoms with Crippen molar-refractivity contribution in [3.8, 4) is 0 Å². The Morgan fingerprint density at radius 2 is 1.54 bits per heavy atom. The van der Waals surface area contributed by atoms with E-state index in [0.29, 0.717) is 18.9 Å². The Morgan fingerprint density at radius 1 is 0.857 bits per heavy atom. The second kappa shape index (κ2) is 18.3. The summed E-state index contributed by atoms with van der Waals surface area (Å²) in [4.78, 5) is 32.4. The van der Waals surface area contributed by atoms with Crippen LogP contribution >= 0.6 is 0 Å². The fourth-order valence-corrected chi connectivity index (χ4v) is 2.79. The van der Waals surface area contributed by atoms with E-state index in [2.05, 4.69) is 13.0 Å². The molecule has 0 unspecified atom stereocenters. The summed E-state index contributed by atoms with van der Waals surface area (Å²) in [6.45, 7) is 2.13. The van der Waals surface area contributed by atoms with Crippen LogP contribution in [0.2, 0.25) is 0 Å². The monoisotopic (exact) mass is 394 g/mol. The van der Waals surface area contributed by atoms with Crippen LogP contribution in [0.5, 0.6) is 0 Å². The van der Waals surface area contributed by atoms with E-state index < -0.39 is 17.9 Å². The summed E-state index contributed by atoms with van der Waals surface area (Å²) >= 11 is 0. The van der Waals surface area contributed by atoms with Crippen molar-refractivity contribution in [2.45, 2.75) is 96.5 Å². The molecule has 0 rings (SSSR count). The first-order valence-electron chi connectivity index (χ1n) is 10.4. The molecule has 0 spiro atoms. The molecule has 0 N–H and O–H groups in total. The van der Waals surface area contributed by atoms with Gasteiger partial charge in [0.25, 0.3) is 0 Å². The van der Waals surface area contributed by atoms with Crippen LogP contribution in [0.4, 0.5) is 0 Å². The number of rotatable bonds is 18. The third-order valence-electron chi connectivity index (χ3n) is 4.34. The van der Waals surface area contributed by atoms with Gasteiger partial charge >= 0.3 is 5.97 Å². The average molecular weight is 395 g/mol. The van der Waals surface area contributed by atoms with Gasteiger partial charge in [-0.3, -0.25) is 0 Å². The number of hydrogen-bond acceptors (Lipinski definition) is 6. The Labute approximate surface area is 168 Å².